The normalized spacial score (nSPS) is 10.9. The Morgan fingerprint density at radius 2 is 1.85 bits per heavy atom. The average Bonchev–Trinajstić information content (AvgIpc) is 3.19. The first kappa shape index (κ1) is 23.8. The van der Waals surface area contributed by atoms with E-state index in [9.17, 15) is 9.59 Å². The molecule has 7 nitrogen and oxygen atoms in total. The van der Waals surface area contributed by atoms with Gasteiger partial charge in [0, 0.05) is 17.9 Å². The van der Waals surface area contributed by atoms with Crippen molar-refractivity contribution in [1.29, 1.82) is 0 Å². The summed E-state index contributed by atoms with van der Waals surface area (Å²) in [7, 11) is 0. The molecule has 0 bridgehead atoms. The number of aryl methyl sites for hydroxylation is 2. The molecule has 0 saturated heterocycles. The molecular formula is C26H29N3O4. The third kappa shape index (κ3) is 6.10. The molecule has 1 amide bonds. The van der Waals surface area contributed by atoms with Crippen LogP contribution in [-0.4, -0.2) is 34.7 Å². The number of hydrogen-bond donors (Lipinski definition) is 1. The van der Waals surface area contributed by atoms with Crippen LogP contribution in [0, 0.1) is 13.8 Å². The van der Waals surface area contributed by atoms with E-state index in [0.717, 1.165) is 22.5 Å². The first-order valence-electron chi connectivity index (χ1n) is 10.9. The summed E-state index contributed by atoms with van der Waals surface area (Å²) < 4.78 is 13.2. The fraction of sp³-hybridized carbons (Fsp3) is 0.269. The molecule has 3 rings (SSSR count). The molecule has 0 atom stereocenters. The molecule has 0 radical (unpaired) electrons. The number of para-hydroxylation sites is 1. The van der Waals surface area contributed by atoms with Gasteiger partial charge in [-0.3, -0.25) is 14.3 Å². The molecular weight excluding hydrogens is 418 g/mol. The van der Waals surface area contributed by atoms with Crippen molar-refractivity contribution in [2.45, 2.75) is 34.2 Å². The van der Waals surface area contributed by atoms with E-state index in [-0.39, 0.29) is 18.3 Å². The van der Waals surface area contributed by atoms with Crippen LogP contribution >= 0.6 is 0 Å². The van der Waals surface area contributed by atoms with Gasteiger partial charge < -0.3 is 14.8 Å². The number of aromatic nitrogens is 2. The van der Waals surface area contributed by atoms with Gasteiger partial charge in [-0.05, 0) is 63.1 Å². The molecule has 0 saturated carbocycles. The number of anilines is 1. The van der Waals surface area contributed by atoms with E-state index in [1.807, 2.05) is 58.0 Å². The lowest BCUT2D eigenvalue weighted by Gasteiger charge is -2.13. The summed E-state index contributed by atoms with van der Waals surface area (Å²) in [6, 6.07) is 12.9. The summed E-state index contributed by atoms with van der Waals surface area (Å²) in [6.07, 6.45) is 4.84. The Hall–Kier alpha value is -3.87. The van der Waals surface area contributed by atoms with Gasteiger partial charge in [-0.15, -0.1) is 0 Å². The Kier molecular flexibility index (Phi) is 8.02. The van der Waals surface area contributed by atoms with Crippen molar-refractivity contribution in [2.24, 2.45) is 0 Å². The Bertz CT molecular complexity index is 1160. The fourth-order valence-corrected chi connectivity index (χ4v) is 3.33. The van der Waals surface area contributed by atoms with Crippen LogP contribution in [0.4, 0.5) is 5.69 Å². The Labute approximate surface area is 194 Å². The van der Waals surface area contributed by atoms with Crippen molar-refractivity contribution in [2.75, 3.05) is 18.5 Å². The Morgan fingerprint density at radius 1 is 1.06 bits per heavy atom. The highest BCUT2D eigenvalue weighted by Gasteiger charge is 2.12. The standard InChI is InChI=1S/C26H29N3O4/c1-5-29-19(4)21(16-27-29)23(30)13-11-20-12-14-24(25(15-20)32-6-2)33-17-26(31)28-22-10-8-7-9-18(22)3/h7-16H,5-6,17H2,1-4H3,(H,28,31)/b13-11+. The van der Waals surface area contributed by atoms with Gasteiger partial charge in [0.1, 0.15) is 0 Å². The largest absolute Gasteiger partial charge is 0.490 e. The fourth-order valence-electron chi connectivity index (χ4n) is 3.33. The highest BCUT2D eigenvalue weighted by Crippen LogP contribution is 2.29. The quantitative estimate of drug-likeness (QED) is 0.355. The number of carbonyl (C=O) groups is 2. The summed E-state index contributed by atoms with van der Waals surface area (Å²) in [4.78, 5) is 24.9. The summed E-state index contributed by atoms with van der Waals surface area (Å²) >= 11 is 0. The lowest BCUT2D eigenvalue weighted by Crippen LogP contribution is -2.20. The number of benzene rings is 2. The number of amides is 1. The van der Waals surface area contributed by atoms with Crippen molar-refractivity contribution in [1.82, 2.24) is 9.78 Å². The average molecular weight is 448 g/mol. The van der Waals surface area contributed by atoms with Crippen molar-refractivity contribution < 1.29 is 19.1 Å². The van der Waals surface area contributed by atoms with Crippen molar-refractivity contribution >= 4 is 23.5 Å². The van der Waals surface area contributed by atoms with E-state index in [4.69, 9.17) is 9.47 Å². The number of allylic oxidation sites excluding steroid dienone is 1. The molecule has 1 aromatic heterocycles. The topological polar surface area (TPSA) is 82.4 Å². The molecule has 0 aliphatic heterocycles. The Balaban J connectivity index is 1.67. The molecule has 172 valence electrons. The molecule has 0 aliphatic carbocycles. The van der Waals surface area contributed by atoms with Crippen molar-refractivity contribution in [3.8, 4) is 11.5 Å². The molecule has 2 aromatic carbocycles. The van der Waals surface area contributed by atoms with Crippen LogP contribution < -0.4 is 14.8 Å². The van der Waals surface area contributed by atoms with Gasteiger partial charge in [0.2, 0.25) is 0 Å². The third-order valence-corrected chi connectivity index (χ3v) is 5.14. The molecule has 33 heavy (non-hydrogen) atoms. The van der Waals surface area contributed by atoms with Crippen LogP contribution in [0.5, 0.6) is 11.5 Å². The van der Waals surface area contributed by atoms with E-state index in [1.54, 1.807) is 29.1 Å². The van der Waals surface area contributed by atoms with Gasteiger partial charge in [-0.2, -0.15) is 5.10 Å². The van der Waals surface area contributed by atoms with Gasteiger partial charge in [0.05, 0.1) is 18.4 Å². The number of rotatable bonds is 10. The molecule has 1 N–H and O–H groups in total. The van der Waals surface area contributed by atoms with Crippen LogP contribution in [0.25, 0.3) is 6.08 Å². The SMILES string of the molecule is CCOc1cc(/C=C/C(=O)c2cnn(CC)c2C)ccc1OCC(=O)Nc1ccccc1C. The lowest BCUT2D eigenvalue weighted by molar-refractivity contribution is -0.118. The lowest BCUT2D eigenvalue weighted by atomic mass is 10.1. The monoisotopic (exact) mass is 447 g/mol. The zero-order valence-electron chi connectivity index (χ0n) is 19.4. The molecule has 0 fully saturated rings. The molecule has 1 heterocycles. The van der Waals surface area contributed by atoms with Crippen LogP contribution in [0.2, 0.25) is 0 Å². The molecule has 0 unspecified atom stereocenters. The summed E-state index contributed by atoms with van der Waals surface area (Å²) in [5.74, 6) is 0.591. The smallest absolute Gasteiger partial charge is 0.262 e. The molecule has 0 spiro atoms. The molecule has 0 aliphatic rings. The number of nitrogens with one attached hydrogen (secondary N) is 1. The van der Waals surface area contributed by atoms with E-state index in [0.29, 0.717) is 30.2 Å². The van der Waals surface area contributed by atoms with Crippen molar-refractivity contribution in [3.63, 3.8) is 0 Å². The predicted molar refractivity (Wildman–Crippen MR) is 129 cm³/mol. The van der Waals surface area contributed by atoms with Crippen molar-refractivity contribution in [3.05, 3.63) is 77.1 Å². The minimum atomic E-state index is -0.260. The van der Waals surface area contributed by atoms with Gasteiger partial charge >= 0.3 is 0 Å². The zero-order valence-corrected chi connectivity index (χ0v) is 19.4. The van der Waals surface area contributed by atoms with Gasteiger partial charge in [0.15, 0.2) is 23.9 Å². The van der Waals surface area contributed by atoms with Crippen LogP contribution in [0.1, 0.15) is 41.0 Å². The number of carbonyl (C=O) groups excluding carboxylic acids is 2. The second kappa shape index (κ2) is 11.1. The number of ketones is 1. The minimum absolute atomic E-state index is 0.113. The van der Waals surface area contributed by atoms with Gasteiger partial charge in [-0.1, -0.05) is 30.3 Å². The van der Waals surface area contributed by atoms with Crippen LogP contribution in [0.15, 0.2) is 54.7 Å². The maximum Gasteiger partial charge on any atom is 0.262 e. The van der Waals surface area contributed by atoms with E-state index >= 15 is 0 Å². The molecule has 3 aromatic rings. The predicted octanol–water partition coefficient (Wildman–Crippen LogP) is 4.83. The third-order valence-electron chi connectivity index (χ3n) is 5.14. The van der Waals surface area contributed by atoms with Crippen LogP contribution in [-0.2, 0) is 11.3 Å². The van der Waals surface area contributed by atoms with E-state index in [2.05, 4.69) is 10.4 Å². The summed E-state index contributed by atoms with van der Waals surface area (Å²) in [6.45, 7) is 8.66. The van der Waals surface area contributed by atoms with Gasteiger partial charge in [-0.25, -0.2) is 0 Å². The highest BCUT2D eigenvalue weighted by molar-refractivity contribution is 6.07. The minimum Gasteiger partial charge on any atom is -0.490 e. The Morgan fingerprint density at radius 3 is 2.55 bits per heavy atom. The maximum atomic E-state index is 12.6. The first-order valence-corrected chi connectivity index (χ1v) is 10.9. The van der Waals surface area contributed by atoms with Gasteiger partial charge in [0.25, 0.3) is 5.91 Å². The first-order chi connectivity index (χ1) is 15.9. The number of hydrogen-bond acceptors (Lipinski definition) is 5. The number of nitrogens with zero attached hydrogens (tertiary/aromatic N) is 2. The highest BCUT2D eigenvalue weighted by atomic mass is 16.5. The maximum absolute atomic E-state index is 12.6. The summed E-state index contributed by atoms with van der Waals surface area (Å²) in [5, 5.41) is 7.06. The second-order valence-corrected chi connectivity index (χ2v) is 7.45. The zero-order chi connectivity index (χ0) is 23.8. The second-order valence-electron chi connectivity index (χ2n) is 7.45. The molecule has 7 heteroatoms. The van der Waals surface area contributed by atoms with Crippen LogP contribution in [0.3, 0.4) is 0 Å². The van der Waals surface area contributed by atoms with E-state index in [1.165, 1.54) is 6.08 Å². The summed E-state index contributed by atoms with van der Waals surface area (Å²) in [5.41, 5.74) is 3.93. The number of ether oxygens (including phenoxy) is 2. The van der Waals surface area contributed by atoms with E-state index < -0.39 is 0 Å².